The fourth-order valence-electron chi connectivity index (χ4n) is 8.65. The summed E-state index contributed by atoms with van der Waals surface area (Å²) in [5.41, 5.74) is 11.2. The summed E-state index contributed by atoms with van der Waals surface area (Å²) in [5, 5.41) is 5.21. The van der Waals surface area contributed by atoms with E-state index in [4.69, 9.17) is 15.0 Å². The van der Waals surface area contributed by atoms with Crippen LogP contribution < -0.4 is 25.6 Å². The highest BCUT2D eigenvalue weighted by Gasteiger charge is 2.41. The summed E-state index contributed by atoms with van der Waals surface area (Å²) in [6.45, 7) is 8.70. The van der Waals surface area contributed by atoms with Crippen LogP contribution >= 0.6 is 0 Å². The van der Waals surface area contributed by atoms with Crippen LogP contribution in [0.2, 0.25) is 0 Å². The van der Waals surface area contributed by atoms with Gasteiger partial charge in [0.1, 0.15) is 0 Å². The van der Waals surface area contributed by atoms with E-state index in [9.17, 15) is 0 Å². The van der Waals surface area contributed by atoms with Gasteiger partial charge in [-0.25, -0.2) is 15.0 Å². The molecule has 0 unspecified atom stereocenters. The number of hydrogen-bond donors (Lipinski definition) is 0. The highest BCUT2D eigenvalue weighted by Crippen LogP contribution is 2.36. The molecule has 1 aromatic heterocycles. The van der Waals surface area contributed by atoms with Crippen molar-refractivity contribution in [2.24, 2.45) is 0 Å². The molecule has 1 heterocycles. The maximum atomic E-state index is 5.05. The van der Waals surface area contributed by atoms with Crippen LogP contribution in [0.1, 0.15) is 22.3 Å². The Morgan fingerprint density at radius 2 is 0.600 bits per heavy atom. The van der Waals surface area contributed by atoms with Crippen LogP contribution in [0.3, 0.4) is 0 Å². The molecule has 0 bridgehead atoms. The SMILES string of the molecule is Cc1cc(C)cc(N(c2ccc([Si](c3ccccc3)(c3ccccc3)c3ccc(-c4nc(-c5ccccc5)nc(-c5ccccc5)n4)cc3)cc2)c2cc(C)cc(C)c2)c1. The first-order chi connectivity index (χ1) is 29.3. The Kier molecular flexibility index (Phi) is 10.6. The minimum atomic E-state index is -2.87. The molecular formula is C55H46N4Si. The molecule has 0 aliphatic carbocycles. The molecule has 60 heavy (non-hydrogen) atoms. The summed E-state index contributed by atoms with van der Waals surface area (Å²) in [5.74, 6) is 1.94. The molecule has 4 nitrogen and oxygen atoms in total. The number of nitrogens with zero attached hydrogens (tertiary/aromatic N) is 4. The minimum Gasteiger partial charge on any atom is -0.310 e. The van der Waals surface area contributed by atoms with Crippen LogP contribution in [0.5, 0.6) is 0 Å². The van der Waals surface area contributed by atoms with Gasteiger partial charge in [0, 0.05) is 33.8 Å². The lowest BCUT2D eigenvalue weighted by molar-refractivity contribution is 1.07. The van der Waals surface area contributed by atoms with Crippen molar-refractivity contribution in [3.63, 3.8) is 0 Å². The minimum absolute atomic E-state index is 0.642. The van der Waals surface area contributed by atoms with E-state index in [1.807, 2.05) is 60.7 Å². The summed E-state index contributed by atoms with van der Waals surface area (Å²) in [7, 11) is -2.87. The van der Waals surface area contributed by atoms with Gasteiger partial charge in [0.2, 0.25) is 0 Å². The van der Waals surface area contributed by atoms with Gasteiger partial charge in [-0.3, -0.25) is 0 Å². The molecule has 0 N–H and O–H groups in total. The number of aryl methyl sites for hydroxylation is 4. The molecule has 0 saturated carbocycles. The number of rotatable bonds is 10. The van der Waals surface area contributed by atoms with Crippen molar-refractivity contribution in [2.75, 3.05) is 4.90 Å². The Hall–Kier alpha value is -7.21. The lowest BCUT2D eigenvalue weighted by Crippen LogP contribution is -2.74. The number of aromatic nitrogens is 3. The topological polar surface area (TPSA) is 41.9 Å². The summed E-state index contributed by atoms with van der Waals surface area (Å²) in [6.07, 6.45) is 0. The number of benzene rings is 8. The monoisotopic (exact) mass is 790 g/mol. The van der Waals surface area contributed by atoms with Crippen LogP contribution in [0.25, 0.3) is 34.2 Å². The quantitative estimate of drug-likeness (QED) is 0.102. The van der Waals surface area contributed by atoms with Crippen LogP contribution in [0.15, 0.2) is 206 Å². The molecule has 0 amide bonds. The molecule has 0 atom stereocenters. The third kappa shape index (κ3) is 7.59. The van der Waals surface area contributed by atoms with Crippen LogP contribution in [0.4, 0.5) is 17.1 Å². The zero-order valence-corrected chi connectivity index (χ0v) is 35.4. The first kappa shape index (κ1) is 38.3. The van der Waals surface area contributed by atoms with Crippen LogP contribution in [-0.2, 0) is 0 Å². The molecule has 0 aliphatic heterocycles. The molecule has 0 radical (unpaired) electrons. The maximum absolute atomic E-state index is 5.05. The lowest BCUT2D eigenvalue weighted by atomic mass is 10.1. The first-order valence-electron chi connectivity index (χ1n) is 20.5. The first-order valence-corrected chi connectivity index (χ1v) is 22.5. The van der Waals surface area contributed by atoms with Crippen LogP contribution in [0, 0.1) is 27.7 Å². The fraction of sp³-hybridized carbons (Fsp3) is 0.0727. The van der Waals surface area contributed by atoms with Gasteiger partial charge in [0.05, 0.1) is 0 Å². The van der Waals surface area contributed by atoms with Gasteiger partial charge in [0.25, 0.3) is 0 Å². The van der Waals surface area contributed by atoms with E-state index < -0.39 is 8.07 Å². The normalized spacial score (nSPS) is 11.3. The van der Waals surface area contributed by atoms with E-state index in [0.717, 1.165) is 33.8 Å². The van der Waals surface area contributed by atoms with Gasteiger partial charge in [-0.05, 0) is 107 Å². The highest BCUT2D eigenvalue weighted by atomic mass is 28.3. The van der Waals surface area contributed by atoms with Crippen molar-refractivity contribution >= 4 is 45.9 Å². The molecule has 9 rings (SSSR count). The Balaban J connectivity index is 1.21. The van der Waals surface area contributed by atoms with Crippen molar-refractivity contribution in [1.29, 1.82) is 0 Å². The Morgan fingerprint density at radius 3 is 0.967 bits per heavy atom. The molecule has 9 aromatic rings. The molecule has 0 fully saturated rings. The Labute approximate surface area is 354 Å². The molecule has 0 spiro atoms. The second kappa shape index (κ2) is 16.6. The van der Waals surface area contributed by atoms with Gasteiger partial charge < -0.3 is 4.90 Å². The number of hydrogen-bond acceptors (Lipinski definition) is 4. The van der Waals surface area contributed by atoms with E-state index in [-0.39, 0.29) is 0 Å². The van der Waals surface area contributed by atoms with Gasteiger partial charge in [-0.15, -0.1) is 0 Å². The second-order valence-corrected chi connectivity index (χ2v) is 19.5. The second-order valence-electron chi connectivity index (χ2n) is 15.7. The molecule has 0 saturated heterocycles. The van der Waals surface area contributed by atoms with E-state index >= 15 is 0 Å². The van der Waals surface area contributed by atoms with Gasteiger partial charge in [-0.2, -0.15) is 0 Å². The Morgan fingerprint density at radius 1 is 0.300 bits per heavy atom. The molecule has 8 aromatic carbocycles. The van der Waals surface area contributed by atoms with Gasteiger partial charge in [0.15, 0.2) is 25.5 Å². The standard InChI is InChI=1S/C55H46N4Si/c1-39-33-40(2)36-47(35-39)59(48-37-41(3)34-42(4)38-48)46-27-31-52(32-28-46)60(49-21-13-7-14-22-49,50-23-15-8-16-24-50)51-29-25-45(26-30-51)55-57-53(43-17-9-5-10-18-43)56-54(58-55)44-19-11-6-12-20-44/h5-38H,1-4H3. The third-order valence-electron chi connectivity index (χ3n) is 11.2. The maximum Gasteiger partial charge on any atom is 0.179 e. The lowest BCUT2D eigenvalue weighted by Gasteiger charge is -2.35. The van der Waals surface area contributed by atoms with E-state index in [1.54, 1.807) is 0 Å². The summed E-state index contributed by atoms with van der Waals surface area (Å²) in [6, 6.07) is 74.4. The summed E-state index contributed by atoms with van der Waals surface area (Å²) in [4.78, 5) is 17.4. The van der Waals surface area contributed by atoms with Crippen molar-refractivity contribution in [1.82, 2.24) is 15.0 Å². The average Bonchev–Trinajstić information content (AvgIpc) is 3.28. The molecule has 0 aliphatic rings. The summed E-state index contributed by atoms with van der Waals surface area (Å²) >= 11 is 0. The van der Waals surface area contributed by atoms with Gasteiger partial charge >= 0.3 is 0 Å². The summed E-state index contributed by atoms with van der Waals surface area (Å²) < 4.78 is 0. The molecule has 5 heteroatoms. The van der Waals surface area contributed by atoms with Crippen molar-refractivity contribution in [3.05, 3.63) is 229 Å². The Bertz CT molecular complexity index is 2690. The van der Waals surface area contributed by atoms with Crippen LogP contribution in [-0.4, -0.2) is 23.0 Å². The zero-order valence-electron chi connectivity index (χ0n) is 34.4. The predicted octanol–water partition coefficient (Wildman–Crippen LogP) is 11.0. The predicted molar refractivity (Wildman–Crippen MR) is 253 cm³/mol. The van der Waals surface area contributed by atoms with Crippen molar-refractivity contribution in [2.45, 2.75) is 27.7 Å². The van der Waals surface area contributed by atoms with E-state index in [0.29, 0.717) is 17.5 Å². The van der Waals surface area contributed by atoms with Crippen molar-refractivity contribution in [3.8, 4) is 34.2 Å². The largest absolute Gasteiger partial charge is 0.310 e. The average molecular weight is 791 g/mol. The molecular weight excluding hydrogens is 745 g/mol. The third-order valence-corrected chi connectivity index (χ3v) is 16.0. The van der Waals surface area contributed by atoms with E-state index in [2.05, 4.69) is 178 Å². The van der Waals surface area contributed by atoms with Gasteiger partial charge in [-0.1, -0.05) is 170 Å². The van der Waals surface area contributed by atoms with Crippen molar-refractivity contribution < 1.29 is 0 Å². The fourth-order valence-corrected chi connectivity index (χ4v) is 13.4. The zero-order chi connectivity index (χ0) is 41.1. The molecule has 290 valence electrons. The van der Waals surface area contributed by atoms with E-state index in [1.165, 1.54) is 43.0 Å². The number of anilines is 3. The highest BCUT2D eigenvalue weighted by molar-refractivity contribution is 7.19. The smallest absolute Gasteiger partial charge is 0.179 e.